The van der Waals surface area contributed by atoms with Crippen molar-refractivity contribution in [1.29, 1.82) is 0 Å². The van der Waals surface area contributed by atoms with E-state index in [0.29, 0.717) is 18.7 Å². The maximum atomic E-state index is 11.9. The van der Waals surface area contributed by atoms with Crippen LogP contribution in [0, 0.1) is 5.92 Å². The maximum absolute atomic E-state index is 11.9. The SMILES string of the molecule is CCC[C@H](C(=O)O)[C@H](Cc1ccc(-c2cncc(CN3CCCCC3)c2)cc1)c1nn[nH]n1. The number of H-pyrrole nitrogens is 1. The number of aromatic amines is 1. The second-order valence-electron chi connectivity index (χ2n) is 8.93. The van der Waals surface area contributed by atoms with Gasteiger partial charge in [-0.1, -0.05) is 49.2 Å². The molecule has 1 aliphatic heterocycles. The van der Waals surface area contributed by atoms with Crippen molar-refractivity contribution in [2.75, 3.05) is 13.1 Å². The summed E-state index contributed by atoms with van der Waals surface area (Å²) in [5.74, 6) is -1.25. The zero-order valence-electron chi connectivity index (χ0n) is 19.2. The second kappa shape index (κ2) is 11.1. The Morgan fingerprint density at radius 3 is 2.55 bits per heavy atom. The molecule has 0 bridgehead atoms. The van der Waals surface area contributed by atoms with E-state index in [9.17, 15) is 9.90 Å². The Labute approximate surface area is 194 Å². The quantitative estimate of drug-likeness (QED) is 0.481. The average Bonchev–Trinajstić information content (AvgIpc) is 3.37. The number of nitrogens with one attached hydrogen (secondary N) is 1. The Kier molecular flexibility index (Phi) is 7.78. The summed E-state index contributed by atoms with van der Waals surface area (Å²) in [5.41, 5.74) is 4.49. The lowest BCUT2D eigenvalue weighted by Gasteiger charge is -2.26. The van der Waals surface area contributed by atoms with Crippen molar-refractivity contribution >= 4 is 5.97 Å². The molecule has 2 atom stereocenters. The van der Waals surface area contributed by atoms with Crippen LogP contribution in [0.1, 0.15) is 61.9 Å². The average molecular weight is 449 g/mol. The van der Waals surface area contributed by atoms with Crippen LogP contribution in [0.5, 0.6) is 0 Å². The Morgan fingerprint density at radius 2 is 1.88 bits per heavy atom. The zero-order valence-corrected chi connectivity index (χ0v) is 19.2. The van der Waals surface area contributed by atoms with E-state index in [4.69, 9.17) is 0 Å². The number of likely N-dealkylation sites (tertiary alicyclic amines) is 1. The molecule has 1 saturated heterocycles. The van der Waals surface area contributed by atoms with E-state index in [1.165, 1.54) is 24.8 Å². The van der Waals surface area contributed by atoms with Crippen molar-refractivity contribution in [3.63, 3.8) is 0 Å². The Morgan fingerprint density at radius 1 is 1.09 bits per heavy atom. The van der Waals surface area contributed by atoms with Crippen LogP contribution in [-0.4, -0.2) is 54.7 Å². The van der Waals surface area contributed by atoms with Gasteiger partial charge in [-0.05, 0) is 61.5 Å². The summed E-state index contributed by atoms with van der Waals surface area (Å²) in [4.78, 5) is 18.9. The molecule has 33 heavy (non-hydrogen) atoms. The molecule has 1 aromatic carbocycles. The smallest absolute Gasteiger partial charge is 0.307 e. The summed E-state index contributed by atoms with van der Waals surface area (Å²) in [6.45, 7) is 5.26. The van der Waals surface area contributed by atoms with E-state index in [0.717, 1.165) is 42.7 Å². The molecule has 0 saturated carbocycles. The monoisotopic (exact) mass is 448 g/mol. The molecule has 1 fully saturated rings. The standard InChI is InChI=1S/C25H32N6O2/c1-2-6-22(25(32)33)23(24-27-29-30-28-24)14-18-7-9-20(10-8-18)21-13-19(15-26-16-21)17-31-11-4-3-5-12-31/h7-10,13,15-16,22-23H,2-6,11-12,14,17H2,1H3,(H,32,33)(H,27,28,29,30)/t22-,23-/m0/s1. The third kappa shape index (κ3) is 6.01. The van der Waals surface area contributed by atoms with Crippen LogP contribution in [0.3, 0.4) is 0 Å². The van der Waals surface area contributed by atoms with Gasteiger partial charge in [0.25, 0.3) is 0 Å². The molecule has 2 aromatic heterocycles. The number of rotatable bonds is 10. The van der Waals surface area contributed by atoms with Crippen LogP contribution < -0.4 is 0 Å². The zero-order chi connectivity index (χ0) is 23.0. The molecule has 0 radical (unpaired) electrons. The molecule has 174 valence electrons. The van der Waals surface area contributed by atoms with Gasteiger partial charge in [-0.15, -0.1) is 10.2 Å². The molecule has 1 aliphatic rings. The van der Waals surface area contributed by atoms with Gasteiger partial charge in [0.05, 0.1) is 5.92 Å². The molecule has 4 rings (SSSR count). The van der Waals surface area contributed by atoms with Crippen LogP contribution in [-0.2, 0) is 17.8 Å². The number of hydrogen-bond acceptors (Lipinski definition) is 6. The number of hydrogen-bond donors (Lipinski definition) is 2. The summed E-state index contributed by atoms with van der Waals surface area (Å²) >= 11 is 0. The lowest BCUT2D eigenvalue weighted by atomic mass is 9.83. The number of tetrazole rings is 1. The molecule has 3 heterocycles. The summed E-state index contributed by atoms with van der Waals surface area (Å²) < 4.78 is 0. The van der Waals surface area contributed by atoms with E-state index in [2.05, 4.69) is 60.8 Å². The number of aromatic nitrogens is 5. The van der Waals surface area contributed by atoms with E-state index in [1.807, 2.05) is 19.3 Å². The predicted octanol–water partition coefficient (Wildman–Crippen LogP) is 4.07. The van der Waals surface area contributed by atoms with Crippen LogP contribution in [0.15, 0.2) is 42.7 Å². The second-order valence-corrected chi connectivity index (χ2v) is 8.93. The van der Waals surface area contributed by atoms with Crippen molar-refractivity contribution in [3.8, 4) is 11.1 Å². The first-order chi connectivity index (χ1) is 16.1. The molecule has 8 heteroatoms. The highest BCUT2D eigenvalue weighted by molar-refractivity contribution is 5.71. The van der Waals surface area contributed by atoms with Crippen molar-refractivity contribution in [1.82, 2.24) is 30.5 Å². The molecule has 3 aromatic rings. The van der Waals surface area contributed by atoms with E-state index in [-0.39, 0.29) is 5.92 Å². The number of nitrogens with zero attached hydrogens (tertiary/aromatic N) is 5. The topological polar surface area (TPSA) is 108 Å². The molecular formula is C25H32N6O2. The Bertz CT molecular complexity index is 1020. The lowest BCUT2D eigenvalue weighted by molar-refractivity contribution is -0.142. The largest absolute Gasteiger partial charge is 0.481 e. The third-order valence-corrected chi connectivity index (χ3v) is 6.49. The normalized spacial score (nSPS) is 16.4. The van der Waals surface area contributed by atoms with Crippen molar-refractivity contribution in [2.24, 2.45) is 5.92 Å². The molecule has 8 nitrogen and oxygen atoms in total. The van der Waals surface area contributed by atoms with E-state index < -0.39 is 11.9 Å². The fraction of sp³-hybridized carbons (Fsp3) is 0.480. The molecule has 0 amide bonds. The first-order valence-electron chi connectivity index (χ1n) is 11.9. The predicted molar refractivity (Wildman–Crippen MR) is 125 cm³/mol. The number of aliphatic carboxylic acids is 1. The Balaban J connectivity index is 1.49. The molecule has 0 unspecified atom stereocenters. The van der Waals surface area contributed by atoms with Crippen molar-refractivity contribution in [2.45, 2.75) is 57.9 Å². The van der Waals surface area contributed by atoms with Crippen molar-refractivity contribution in [3.05, 3.63) is 59.7 Å². The number of benzene rings is 1. The van der Waals surface area contributed by atoms with Gasteiger partial charge < -0.3 is 5.11 Å². The first-order valence-corrected chi connectivity index (χ1v) is 11.9. The molecule has 0 aliphatic carbocycles. The van der Waals surface area contributed by atoms with Crippen molar-refractivity contribution < 1.29 is 9.90 Å². The number of carbonyl (C=O) groups is 1. The van der Waals surface area contributed by atoms with Gasteiger partial charge in [0.15, 0.2) is 5.82 Å². The van der Waals surface area contributed by atoms with Crippen LogP contribution in [0.2, 0.25) is 0 Å². The minimum atomic E-state index is -0.820. The van der Waals surface area contributed by atoms with Gasteiger partial charge in [0, 0.05) is 30.4 Å². The highest BCUT2D eigenvalue weighted by Gasteiger charge is 2.32. The number of piperidine rings is 1. The lowest BCUT2D eigenvalue weighted by Crippen LogP contribution is -2.29. The first kappa shape index (κ1) is 23.0. The van der Waals surface area contributed by atoms with Gasteiger partial charge in [-0.25, -0.2) is 0 Å². The molecule has 0 spiro atoms. The number of pyridine rings is 1. The van der Waals surface area contributed by atoms with Crippen LogP contribution in [0.4, 0.5) is 0 Å². The highest BCUT2D eigenvalue weighted by atomic mass is 16.4. The Hall–Kier alpha value is -3.13. The molecule has 2 N–H and O–H groups in total. The van der Waals surface area contributed by atoms with E-state index >= 15 is 0 Å². The minimum Gasteiger partial charge on any atom is -0.481 e. The van der Waals surface area contributed by atoms with Gasteiger partial charge in [0.1, 0.15) is 0 Å². The van der Waals surface area contributed by atoms with E-state index in [1.54, 1.807) is 0 Å². The molecular weight excluding hydrogens is 416 g/mol. The number of carboxylic acids is 1. The minimum absolute atomic E-state index is 0.332. The van der Waals surface area contributed by atoms with Gasteiger partial charge >= 0.3 is 5.97 Å². The third-order valence-electron chi connectivity index (χ3n) is 6.49. The number of carboxylic acid groups (broad SMARTS) is 1. The van der Waals surface area contributed by atoms with Crippen LogP contribution >= 0.6 is 0 Å². The fourth-order valence-corrected chi connectivity index (χ4v) is 4.74. The summed E-state index contributed by atoms with van der Waals surface area (Å²) in [7, 11) is 0. The highest BCUT2D eigenvalue weighted by Crippen LogP contribution is 2.31. The fourth-order valence-electron chi connectivity index (χ4n) is 4.74. The summed E-state index contributed by atoms with van der Waals surface area (Å²) in [6.07, 6.45) is 9.65. The van der Waals surface area contributed by atoms with Crippen LogP contribution in [0.25, 0.3) is 11.1 Å². The summed E-state index contributed by atoms with van der Waals surface area (Å²) in [5, 5.41) is 24.1. The summed E-state index contributed by atoms with van der Waals surface area (Å²) in [6, 6.07) is 10.5. The van der Waals surface area contributed by atoms with Gasteiger partial charge in [0.2, 0.25) is 0 Å². The maximum Gasteiger partial charge on any atom is 0.307 e. The van der Waals surface area contributed by atoms with Gasteiger partial charge in [-0.3, -0.25) is 14.7 Å². The van der Waals surface area contributed by atoms with Gasteiger partial charge in [-0.2, -0.15) is 5.21 Å².